The first-order chi connectivity index (χ1) is 12.8. The van der Waals surface area contributed by atoms with Gasteiger partial charge in [0.2, 0.25) is 11.8 Å². The average molecular weight is 373 g/mol. The van der Waals surface area contributed by atoms with Crippen molar-refractivity contribution in [2.24, 2.45) is 0 Å². The lowest BCUT2D eigenvalue weighted by molar-refractivity contribution is -0.152. The highest BCUT2D eigenvalue weighted by Gasteiger charge is 2.50. The quantitative estimate of drug-likeness (QED) is 0.785. The molecule has 0 bridgehead atoms. The molecule has 1 aromatic carbocycles. The first-order valence-corrected chi connectivity index (χ1v) is 9.31. The second kappa shape index (κ2) is 9.15. The molecule has 2 rings (SSSR count). The fraction of sp³-hybridized carbons (Fsp3) is 0.524. The first kappa shape index (κ1) is 21.1. The standard InChI is InChI=1S/C21H31N3O3/c1-6-7-16-8-10-17(11-9-16)21-18(24(15(2)26)19(21)14-25)12-23(5)20(27)13-22(3)4/h6-11,18-19,21,25H,12-14H2,1-5H3/b7-6+/t18-,19-,21+/m1/s1. The number of likely N-dealkylation sites (N-methyl/N-ethyl adjacent to an activating group) is 2. The van der Waals surface area contributed by atoms with Crippen molar-refractivity contribution >= 4 is 17.9 Å². The predicted octanol–water partition coefficient (Wildman–Crippen LogP) is 1.41. The van der Waals surface area contributed by atoms with Crippen LogP contribution in [0.5, 0.6) is 0 Å². The molecule has 1 N–H and O–H groups in total. The minimum absolute atomic E-state index is 0.00756. The molecule has 1 saturated heterocycles. The van der Waals surface area contributed by atoms with Crippen molar-refractivity contribution in [1.29, 1.82) is 0 Å². The smallest absolute Gasteiger partial charge is 0.236 e. The van der Waals surface area contributed by atoms with Crippen LogP contribution >= 0.6 is 0 Å². The van der Waals surface area contributed by atoms with Crippen LogP contribution in [-0.4, -0.2) is 84.5 Å². The van der Waals surface area contributed by atoms with Crippen LogP contribution in [0.15, 0.2) is 30.3 Å². The zero-order valence-electron chi connectivity index (χ0n) is 16.9. The molecule has 0 saturated carbocycles. The minimum Gasteiger partial charge on any atom is -0.394 e. The van der Waals surface area contributed by atoms with E-state index in [4.69, 9.17) is 0 Å². The van der Waals surface area contributed by atoms with Gasteiger partial charge in [-0.25, -0.2) is 0 Å². The van der Waals surface area contributed by atoms with Gasteiger partial charge in [0.25, 0.3) is 0 Å². The van der Waals surface area contributed by atoms with Crippen molar-refractivity contribution in [3.63, 3.8) is 0 Å². The molecule has 6 heteroatoms. The summed E-state index contributed by atoms with van der Waals surface area (Å²) in [4.78, 5) is 29.7. The largest absolute Gasteiger partial charge is 0.394 e. The van der Waals surface area contributed by atoms with Crippen LogP contribution in [0, 0.1) is 0 Å². The third-order valence-electron chi connectivity index (χ3n) is 5.11. The summed E-state index contributed by atoms with van der Waals surface area (Å²) in [5.74, 6) is -0.0550. The summed E-state index contributed by atoms with van der Waals surface area (Å²) >= 11 is 0. The molecule has 1 aliphatic rings. The number of aliphatic hydroxyl groups is 1. The maximum absolute atomic E-state index is 12.3. The minimum atomic E-state index is -0.252. The molecule has 0 radical (unpaired) electrons. The van der Waals surface area contributed by atoms with Gasteiger partial charge in [0, 0.05) is 26.4 Å². The molecule has 0 spiro atoms. The lowest BCUT2D eigenvalue weighted by atomic mass is 9.74. The average Bonchev–Trinajstić information content (AvgIpc) is 2.58. The van der Waals surface area contributed by atoms with Crippen LogP contribution in [0.4, 0.5) is 0 Å². The molecule has 0 unspecified atom stereocenters. The summed E-state index contributed by atoms with van der Waals surface area (Å²) in [6, 6.07) is 7.79. The van der Waals surface area contributed by atoms with E-state index in [0.717, 1.165) is 11.1 Å². The molecular formula is C21H31N3O3. The molecule has 2 amide bonds. The number of hydrogen-bond donors (Lipinski definition) is 1. The van der Waals surface area contributed by atoms with Crippen molar-refractivity contribution in [1.82, 2.24) is 14.7 Å². The number of rotatable bonds is 7. The second-order valence-corrected chi connectivity index (χ2v) is 7.45. The topological polar surface area (TPSA) is 64.1 Å². The number of carbonyl (C=O) groups is 2. The number of allylic oxidation sites excluding steroid dienone is 1. The SMILES string of the molecule is C/C=C/c1ccc([C@@H]2[C@@H](CO)N(C(C)=O)[C@@H]2CN(C)C(=O)CN(C)C)cc1. The third-order valence-corrected chi connectivity index (χ3v) is 5.11. The summed E-state index contributed by atoms with van der Waals surface area (Å²) in [5.41, 5.74) is 2.19. The van der Waals surface area contributed by atoms with E-state index < -0.39 is 0 Å². The van der Waals surface area contributed by atoms with Gasteiger partial charge in [-0.1, -0.05) is 36.4 Å². The van der Waals surface area contributed by atoms with Crippen LogP contribution in [-0.2, 0) is 9.59 Å². The summed E-state index contributed by atoms with van der Waals surface area (Å²) in [6.45, 7) is 4.18. The molecule has 3 atom stereocenters. The van der Waals surface area contributed by atoms with E-state index in [1.807, 2.05) is 50.2 Å². The molecule has 27 heavy (non-hydrogen) atoms. The van der Waals surface area contributed by atoms with E-state index in [0.29, 0.717) is 13.1 Å². The Balaban J connectivity index is 2.23. The van der Waals surface area contributed by atoms with Crippen molar-refractivity contribution < 1.29 is 14.7 Å². The van der Waals surface area contributed by atoms with Crippen molar-refractivity contribution in [2.75, 3.05) is 40.8 Å². The Morgan fingerprint density at radius 1 is 1.15 bits per heavy atom. The van der Waals surface area contributed by atoms with Gasteiger partial charge in [-0.15, -0.1) is 0 Å². The number of carbonyl (C=O) groups excluding carboxylic acids is 2. The Morgan fingerprint density at radius 3 is 2.26 bits per heavy atom. The van der Waals surface area contributed by atoms with Crippen LogP contribution in [0.25, 0.3) is 6.08 Å². The lowest BCUT2D eigenvalue weighted by Crippen LogP contribution is -2.68. The van der Waals surface area contributed by atoms with E-state index in [1.165, 1.54) is 6.92 Å². The monoisotopic (exact) mass is 373 g/mol. The molecular weight excluding hydrogens is 342 g/mol. The number of amides is 2. The maximum atomic E-state index is 12.3. The van der Waals surface area contributed by atoms with Gasteiger partial charge >= 0.3 is 0 Å². The van der Waals surface area contributed by atoms with Gasteiger partial charge in [-0.05, 0) is 32.1 Å². The fourth-order valence-corrected chi connectivity index (χ4v) is 3.86. The molecule has 1 fully saturated rings. The van der Waals surface area contributed by atoms with Crippen LogP contribution in [0.2, 0.25) is 0 Å². The van der Waals surface area contributed by atoms with E-state index in [9.17, 15) is 14.7 Å². The van der Waals surface area contributed by atoms with Crippen molar-refractivity contribution in [3.8, 4) is 0 Å². The molecule has 148 valence electrons. The third kappa shape index (κ3) is 4.76. The summed E-state index contributed by atoms with van der Waals surface area (Å²) in [5, 5.41) is 9.86. The molecule has 0 aliphatic carbocycles. The summed E-state index contributed by atoms with van der Waals surface area (Å²) < 4.78 is 0. The Labute approximate surface area is 162 Å². The highest BCUT2D eigenvalue weighted by Crippen LogP contribution is 2.41. The van der Waals surface area contributed by atoms with Crippen LogP contribution < -0.4 is 0 Å². The van der Waals surface area contributed by atoms with Gasteiger partial charge in [0.15, 0.2) is 0 Å². The van der Waals surface area contributed by atoms with E-state index in [1.54, 1.807) is 16.8 Å². The zero-order valence-corrected chi connectivity index (χ0v) is 16.9. The molecule has 1 heterocycles. The Hall–Kier alpha value is -2.18. The fourth-order valence-electron chi connectivity index (χ4n) is 3.86. The number of hydrogen-bond acceptors (Lipinski definition) is 4. The Kier molecular flexibility index (Phi) is 7.16. The van der Waals surface area contributed by atoms with E-state index >= 15 is 0 Å². The molecule has 1 aliphatic heterocycles. The number of aliphatic hydroxyl groups excluding tert-OH is 1. The normalized spacial score (nSPS) is 22.2. The summed E-state index contributed by atoms with van der Waals surface area (Å²) in [7, 11) is 5.48. The van der Waals surface area contributed by atoms with Gasteiger partial charge in [-0.3, -0.25) is 9.59 Å². The second-order valence-electron chi connectivity index (χ2n) is 7.45. The Morgan fingerprint density at radius 2 is 1.78 bits per heavy atom. The number of likely N-dealkylation sites (tertiary alicyclic amines) is 1. The first-order valence-electron chi connectivity index (χ1n) is 9.31. The van der Waals surface area contributed by atoms with Crippen LogP contribution in [0.1, 0.15) is 30.9 Å². The highest BCUT2D eigenvalue weighted by molar-refractivity contribution is 5.79. The van der Waals surface area contributed by atoms with E-state index in [-0.39, 0.29) is 36.4 Å². The van der Waals surface area contributed by atoms with E-state index in [2.05, 4.69) is 12.1 Å². The van der Waals surface area contributed by atoms with Gasteiger partial charge < -0.3 is 19.8 Å². The van der Waals surface area contributed by atoms with Gasteiger partial charge in [0.05, 0.1) is 25.2 Å². The Bertz CT molecular complexity index is 684. The predicted molar refractivity (Wildman–Crippen MR) is 107 cm³/mol. The zero-order chi connectivity index (χ0) is 20.1. The van der Waals surface area contributed by atoms with Gasteiger partial charge in [0.1, 0.15) is 0 Å². The molecule has 0 aromatic heterocycles. The highest BCUT2D eigenvalue weighted by atomic mass is 16.3. The number of nitrogens with zero attached hydrogens (tertiary/aromatic N) is 3. The lowest BCUT2D eigenvalue weighted by Gasteiger charge is -2.55. The summed E-state index contributed by atoms with van der Waals surface area (Å²) in [6.07, 6.45) is 4.02. The molecule has 6 nitrogen and oxygen atoms in total. The maximum Gasteiger partial charge on any atom is 0.236 e. The van der Waals surface area contributed by atoms with Crippen LogP contribution in [0.3, 0.4) is 0 Å². The van der Waals surface area contributed by atoms with Gasteiger partial charge in [-0.2, -0.15) is 0 Å². The number of benzene rings is 1. The van der Waals surface area contributed by atoms with Crippen molar-refractivity contribution in [2.45, 2.75) is 31.8 Å². The van der Waals surface area contributed by atoms with Crippen molar-refractivity contribution in [3.05, 3.63) is 41.5 Å². The molecule has 1 aromatic rings.